The Morgan fingerprint density at radius 2 is 1.77 bits per heavy atom. The fourth-order valence-electron chi connectivity index (χ4n) is 6.06. The highest BCUT2D eigenvalue weighted by Gasteiger charge is 2.54. The molecule has 4 fully saturated rings. The molecule has 160 valence electrons. The van der Waals surface area contributed by atoms with Gasteiger partial charge >= 0.3 is 0 Å². The number of rotatable bonds is 5. The van der Waals surface area contributed by atoms with Crippen molar-refractivity contribution in [2.75, 3.05) is 16.7 Å². The second kappa shape index (κ2) is 7.02. The van der Waals surface area contributed by atoms with E-state index in [4.69, 9.17) is 0 Å². The van der Waals surface area contributed by atoms with E-state index < -0.39 is 10.0 Å². The van der Waals surface area contributed by atoms with E-state index in [2.05, 4.69) is 15.5 Å². The molecule has 1 N–H and O–H groups in total. The molecule has 4 saturated carbocycles. The molecule has 6 rings (SSSR count). The minimum absolute atomic E-state index is 0.00580. The van der Waals surface area contributed by atoms with Gasteiger partial charge in [0.25, 0.3) is 14.4 Å². The maximum absolute atomic E-state index is 13.2. The number of anilines is 2. The van der Waals surface area contributed by atoms with E-state index in [1.165, 1.54) is 30.6 Å². The molecule has 0 unspecified atom stereocenters. The molecule has 7 nitrogen and oxygen atoms in total. The van der Waals surface area contributed by atoms with Gasteiger partial charge in [0, 0.05) is 7.05 Å². The van der Waals surface area contributed by atoms with E-state index in [1.807, 2.05) is 19.1 Å². The second-order valence-corrected chi connectivity index (χ2v) is 12.5. The molecule has 0 radical (unpaired) electrons. The van der Waals surface area contributed by atoms with E-state index in [-0.39, 0.29) is 20.8 Å². The van der Waals surface area contributed by atoms with Gasteiger partial charge in [0.05, 0.1) is 11.1 Å². The maximum Gasteiger partial charge on any atom is 0.293 e. The summed E-state index contributed by atoms with van der Waals surface area (Å²) >= 11 is 0.916. The van der Waals surface area contributed by atoms with Crippen LogP contribution in [0.3, 0.4) is 0 Å². The lowest BCUT2D eigenvalue weighted by molar-refractivity contribution is -0.140. The predicted molar refractivity (Wildman–Crippen MR) is 116 cm³/mol. The normalized spacial score (nSPS) is 29.7. The van der Waals surface area contributed by atoms with Crippen LogP contribution in [-0.4, -0.2) is 31.6 Å². The highest BCUT2D eigenvalue weighted by atomic mass is 32.2. The van der Waals surface area contributed by atoms with E-state index >= 15 is 0 Å². The first kappa shape index (κ1) is 19.9. The highest BCUT2D eigenvalue weighted by Crippen LogP contribution is 2.60. The van der Waals surface area contributed by atoms with Crippen molar-refractivity contribution in [1.82, 2.24) is 10.2 Å². The van der Waals surface area contributed by atoms with Gasteiger partial charge in [-0.25, -0.2) is 0 Å². The molecular formula is C21H26N4O3S2. The zero-order chi connectivity index (χ0) is 21.1. The summed E-state index contributed by atoms with van der Waals surface area (Å²) in [4.78, 5) is 13.2. The topological polar surface area (TPSA) is 92.3 Å². The van der Waals surface area contributed by atoms with Crippen molar-refractivity contribution in [3.63, 3.8) is 0 Å². The Kier molecular flexibility index (Phi) is 4.66. The third kappa shape index (κ3) is 3.32. The second-order valence-electron chi connectivity index (χ2n) is 9.34. The van der Waals surface area contributed by atoms with Crippen LogP contribution in [0, 0.1) is 30.1 Å². The summed E-state index contributed by atoms with van der Waals surface area (Å²) in [6, 6.07) is 7.26. The van der Waals surface area contributed by atoms with Gasteiger partial charge in [0.15, 0.2) is 0 Å². The number of aromatic nitrogens is 2. The van der Waals surface area contributed by atoms with Crippen molar-refractivity contribution in [3.8, 4) is 0 Å². The lowest BCUT2D eigenvalue weighted by Crippen LogP contribution is -2.51. The number of hydrogen-bond acceptors (Lipinski definition) is 6. The van der Waals surface area contributed by atoms with Crippen LogP contribution in [0.4, 0.5) is 10.8 Å². The number of carbonyl (C=O) groups is 1. The van der Waals surface area contributed by atoms with Crippen LogP contribution in [-0.2, 0) is 14.8 Å². The molecule has 0 aliphatic heterocycles. The molecule has 4 aliphatic rings. The Morgan fingerprint density at radius 1 is 1.13 bits per heavy atom. The molecule has 1 heterocycles. The van der Waals surface area contributed by atoms with Gasteiger partial charge in [-0.3, -0.25) is 9.10 Å². The van der Waals surface area contributed by atoms with Crippen molar-refractivity contribution in [1.29, 1.82) is 0 Å². The first-order valence-corrected chi connectivity index (χ1v) is 12.7. The van der Waals surface area contributed by atoms with Gasteiger partial charge in [-0.2, -0.15) is 8.42 Å². The number of amides is 1. The van der Waals surface area contributed by atoms with Crippen molar-refractivity contribution in [2.45, 2.75) is 49.8 Å². The molecular weight excluding hydrogens is 420 g/mol. The van der Waals surface area contributed by atoms with Crippen LogP contribution in [0.1, 0.15) is 44.1 Å². The van der Waals surface area contributed by atoms with E-state index in [0.29, 0.717) is 23.4 Å². The van der Waals surface area contributed by atoms with Gasteiger partial charge < -0.3 is 5.32 Å². The van der Waals surface area contributed by atoms with Crippen molar-refractivity contribution in [2.24, 2.45) is 23.2 Å². The van der Waals surface area contributed by atoms with Crippen LogP contribution in [0.2, 0.25) is 0 Å². The SMILES string of the molecule is Cc1cccc(N(C)S(=O)(=O)c2nnc(NC(=O)C34CC5CC(CC(C5)C3)C4)s2)c1. The van der Waals surface area contributed by atoms with Crippen LogP contribution in [0.5, 0.6) is 0 Å². The Morgan fingerprint density at radius 3 is 2.37 bits per heavy atom. The summed E-state index contributed by atoms with van der Waals surface area (Å²) in [6.07, 6.45) is 6.64. The molecule has 1 aromatic heterocycles. The van der Waals surface area contributed by atoms with Crippen LogP contribution < -0.4 is 9.62 Å². The maximum atomic E-state index is 13.2. The number of nitrogens with zero attached hydrogens (tertiary/aromatic N) is 3. The fourth-order valence-corrected chi connectivity index (χ4v) is 8.30. The molecule has 2 aromatic rings. The Balaban J connectivity index is 1.34. The van der Waals surface area contributed by atoms with Crippen molar-refractivity contribution >= 4 is 38.1 Å². The first-order valence-electron chi connectivity index (χ1n) is 10.5. The lowest BCUT2D eigenvalue weighted by atomic mass is 9.49. The summed E-state index contributed by atoms with van der Waals surface area (Å²) in [7, 11) is -2.34. The highest BCUT2D eigenvalue weighted by molar-refractivity contribution is 7.94. The Labute approximate surface area is 180 Å². The van der Waals surface area contributed by atoms with Crippen molar-refractivity contribution in [3.05, 3.63) is 29.8 Å². The fraction of sp³-hybridized carbons (Fsp3) is 0.571. The molecule has 0 saturated heterocycles. The molecule has 4 bridgehead atoms. The minimum Gasteiger partial charge on any atom is -0.300 e. The largest absolute Gasteiger partial charge is 0.300 e. The molecule has 30 heavy (non-hydrogen) atoms. The number of carbonyl (C=O) groups excluding carboxylic acids is 1. The molecule has 1 amide bonds. The standard InChI is InChI=1S/C21H26N4O3S2/c1-13-4-3-5-17(6-13)25(2)30(27,28)20-24-23-19(29-20)22-18(26)21-10-14-7-15(11-21)9-16(8-14)12-21/h3-6,14-16H,7-12H2,1-2H3,(H,22,23,26). The van der Waals surface area contributed by atoms with E-state index in [9.17, 15) is 13.2 Å². The summed E-state index contributed by atoms with van der Waals surface area (Å²) in [5.74, 6) is 1.98. The number of sulfonamides is 1. The monoisotopic (exact) mass is 446 g/mol. The van der Waals surface area contributed by atoms with Crippen molar-refractivity contribution < 1.29 is 13.2 Å². The smallest absolute Gasteiger partial charge is 0.293 e. The third-order valence-electron chi connectivity index (χ3n) is 7.09. The number of benzene rings is 1. The summed E-state index contributed by atoms with van der Waals surface area (Å²) in [6.45, 7) is 1.91. The zero-order valence-corrected chi connectivity index (χ0v) is 18.8. The van der Waals surface area contributed by atoms with Gasteiger partial charge in [-0.15, -0.1) is 10.2 Å². The Hall–Kier alpha value is -2.00. The molecule has 1 aromatic carbocycles. The van der Waals surface area contributed by atoms with E-state index in [0.717, 1.165) is 36.2 Å². The number of hydrogen-bond donors (Lipinski definition) is 1. The number of aryl methyl sites for hydroxylation is 1. The predicted octanol–water partition coefficient (Wildman–Crippen LogP) is 3.83. The van der Waals surface area contributed by atoms with Gasteiger partial charge in [0.1, 0.15) is 0 Å². The van der Waals surface area contributed by atoms with Gasteiger partial charge in [-0.1, -0.05) is 23.5 Å². The quantitative estimate of drug-likeness (QED) is 0.705. The summed E-state index contributed by atoms with van der Waals surface area (Å²) < 4.78 is 27.1. The molecule has 0 spiro atoms. The lowest BCUT2D eigenvalue weighted by Gasteiger charge is -2.55. The molecule has 0 atom stereocenters. The first-order chi connectivity index (χ1) is 14.2. The summed E-state index contributed by atoms with van der Waals surface area (Å²) in [5, 5.41) is 11.0. The average Bonchev–Trinajstić information content (AvgIpc) is 3.15. The van der Waals surface area contributed by atoms with Gasteiger partial charge in [0.2, 0.25) is 11.0 Å². The van der Waals surface area contributed by atoms with E-state index in [1.54, 1.807) is 12.1 Å². The summed E-state index contributed by atoms with van der Waals surface area (Å²) in [5.41, 5.74) is 1.22. The number of nitrogens with one attached hydrogen (secondary N) is 1. The zero-order valence-electron chi connectivity index (χ0n) is 17.2. The van der Waals surface area contributed by atoms with Crippen LogP contribution in [0.15, 0.2) is 28.6 Å². The molecule has 4 aliphatic carbocycles. The van der Waals surface area contributed by atoms with Crippen LogP contribution >= 0.6 is 11.3 Å². The minimum atomic E-state index is -3.84. The average molecular weight is 447 g/mol. The van der Waals surface area contributed by atoms with Crippen LogP contribution in [0.25, 0.3) is 0 Å². The molecule has 9 heteroatoms. The third-order valence-corrected chi connectivity index (χ3v) is 10.1. The Bertz CT molecular complexity index is 1060. The van der Waals surface area contributed by atoms with Gasteiger partial charge in [-0.05, 0) is 80.9 Å².